The molecule has 0 fully saturated rings. The summed E-state index contributed by atoms with van der Waals surface area (Å²) in [6.07, 6.45) is -4.92. The number of hydrogen-bond donors (Lipinski definition) is 4. The number of nitrogens with zero attached hydrogens (tertiary/aromatic N) is 1. The van der Waals surface area contributed by atoms with Crippen molar-refractivity contribution in [3.63, 3.8) is 0 Å². The molecule has 0 spiro atoms. The minimum absolute atomic E-state index is 0.0662. The molecule has 8 nitrogen and oxygen atoms in total. The van der Waals surface area contributed by atoms with Gasteiger partial charge in [0.25, 0.3) is 5.91 Å². The van der Waals surface area contributed by atoms with Crippen LogP contribution in [0, 0.1) is 0 Å². The van der Waals surface area contributed by atoms with E-state index in [1.807, 2.05) is 0 Å². The van der Waals surface area contributed by atoms with Crippen molar-refractivity contribution >= 4 is 11.9 Å². The van der Waals surface area contributed by atoms with E-state index in [2.05, 4.69) is 0 Å². The van der Waals surface area contributed by atoms with Crippen LogP contribution < -0.4 is 0 Å². The Morgan fingerprint density at radius 2 is 1.62 bits per heavy atom. The van der Waals surface area contributed by atoms with Gasteiger partial charge in [0.05, 0.1) is 18.7 Å². The summed E-state index contributed by atoms with van der Waals surface area (Å²) in [6.45, 7) is 0. The molecule has 3 aromatic rings. The Balaban J connectivity index is 1.89. The monoisotopic (exact) mass is 517 g/mol. The van der Waals surface area contributed by atoms with Crippen LogP contribution in [0.1, 0.15) is 38.7 Å². The molecule has 4 N–H and O–H groups in total. The number of halogens is 3. The Labute approximate surface area is 208 Å². The van der Waals surface area contributed by atoms with Gasteiger partial charge in [-0.15, -0.1) is 0 Å². The van der Waals surface area contributed by atoms with Crippen molar-refractivity contribution in [2.45, 2.75) is 31.1 Å². The summed E-state index contributed by atoms with van der Waals surface area (Å²) in [4.78, 5) is 27.6. The van der Waals surface area contributed by atoms with Crippen molar-refractivity contribution in [3.8, 4) is 23.0 Å². The van der Waals surface area contributed by atoms with Gasteiger partial charge in [-0.2, -0.15) is 13.2 Å². The zero-order valence-corrected chi connectivity index (χ0v) is 19.4. The number of rotatable bonds is 4. The fraction of sp³-hybridized carbons (Fsp3) is 0.231. The second-order valence-corrected chi connectivity index (χ2v) is 8.62. The van der Waals surface area contributed by atoms with Crippen molar-refractivity contribution in [1.82, 2.24) is 4.90 Å². The Morgan fingerprint density at radius 1 is 0.946 bits per heavy atom. The molecule has 0 saturated carbocycles. The van der Waals surface area contributed by atoms with Gasteiger partial charge in [-0.25, -0.2) is 4.79 Å². The number of hydrogen-bond acceptors (Lipinski definition) is 7. The Hall–Kier alpha value is -4.41. The van der Waals surface area contributed by atoms with E-state index in [0.717, 1.165) is 24.1 Å². The van der Waals surface area contributed by atoms with Crippen molar-refractivity contribution in [2.75, 3.05) is 7.11 Å². The van der Waals surface area contributed by atoms with E-state index < -0.39 is 52.9 Å². The second-order valence-electron chi connectivity index (χ2n) is 8.62. The number of alkyl halides is 3. The Morgan fingerprint density at radius 3 is 2.27 bits per heavy atom. The average Bonchev–Trinajstić information content (AvgIpc) is 2.85. The van der Waals surface area contributed by atoms with Crippen molar-refractivity contribution in [3.05, 3.63) is 82.4 Å². The van der Waals surface area contributed by atoms with Gasteiger partial charge in [0.2, 0.25) is 0 Å². The molecule has 11 heteroatoms. The van der Waals surface area contributed by atoms with Crippen LogP contribution in [-0.2, 0) is 28.5 Å². The lowest BCUT2D eigenvalue weighted by molar-refractivity contribution is -0.147. The number of carbonyl (C=O) groups is 2. The highest BCUT2D eigenvalue weighted by Crippen LogP contribution is 2.42. The number of amides is 1. The molecule has 0 bridgehead atoms. The smallest absolute Gasteiger partial charge is 0.416 e. The van der Waals surface area contributed by atoms with Gasteiger partial charge in [-0.05, 0) is 65.6 Å². The third-order valence-corrected chi connectivity index (χ3v) is 6.29. The first-order chi connectivity index (χ1) is 17.4. The number of phenols is 4. The topological polar surface area (TPSA) is 128 Å². The highest BCUT2D eigenvalue weighted by molar-refractivity contribution is 5.98. The van der Waals surface area contributed by atoms with Gasteiger partial charge in [0, 0.05) is 12.0 Å². The lowest BCUT2D eigenvalue weighted by Gasteiger charge is -2.42. The molecule has 0 radical (unpaired) electrons. The number of fused-ring (bicyclic) bond motifs is 1. The van der Waals surface area contributed by atoms with Crippen molar-refractivity contribution in [1.29, 1.82) is 0 Å². The summed E-state index contributed by atoms with van der Waals surface area (Å²) in [5.74, 6) is -3.52. The SMILES string of the molecule is COC(=O)[C@@H]1Cc2cc(O)c(O)cc2[C@H](Cc2ccc(O)c(O)c2)N1C(=O)c1cccc(C(F)(F)F)c1. The van der Waals surface area contributed by atoms with E-state index in [-0.39, 0.29) is 24.2 Å². The van der Waals surface area contributed by atoms with E-state index in [0.29, 0.717) is 22.8 Å². The molecule has 1 aliphatic heterocycles. The predicted octanol–water partition coefficient (Wildman–Crippen LogP) is 4.05. The summed E-state index contributed by atoms with van der Waals surface area (Å²) in [5.41, 5.74) is -0.219. The van der Waals surface area contributed by atoms with Gasteiger partial charge < -0.3 is 30.1 Å². The number of esters is 1. The minimum Gasteiger partial charge on any atom is -0.504 e. The molecule has 0 unspecified atom stereocenters. The summed E-state index contributed by atoms with van der Waals surface area (Å²) in [7, 11) is 1.10. The summed E-state index contributed by atoms with van der Waals surface area (Å²) in [5, 5.41) is 39.9. The lowest BCUT2D eigenvalue weighted by atomic mass is 9.84. The van der Waals surface area contributed by atoms with Gasteiger partial charge in [0.15, 0.2) is 23.0 Å². The number of phenolic OH excluding ortho intramolecular Hbond substituents is 4. The van der Waals surface area contributed by atoms with Crippen LogP contribution in [0.2, 0.25) is 0 Å². The van der Waals surface area contributed by atoms with Crippen LogP contribution in [-0.4, -0.2) is 50.4 Å². The molecule has 3 aromatic carbocycles. The van der Waals surface area contributed by atoms with E-state index in [1.54, 1.807) is 0 Å². The van der Waals surface area contributed by atoms with Gasteiger partial charge in [-0.1, -0.05) is 12.1 Å². The van der Waals surface area contributed by atoms with E-state index in [9.17, 15) is 43.2 Å². The fourth-order valence-corrected chi connectivity index (χ4v) is 4.52. The maximum Gasteiger partial charge on any atom is 0.416 e. The molecule has 1 heterocycles. The van der Waals surface area contributed by atoms with Crippen molar-refractivity contribution in [2.24, 2.45) is 0 Å². The second kappa shape index (κ2) is 9.57. The molecule has 0 aliphatic carbocycles. The van der Waals surface area contributed by atoms with Crippen LogP contribution in [0.4, 0.5) is 13.2 Å². The number of carbonyl (C=O) groups excluding carboxylic acids is 2. The zero-order valence-electron chi connectivity index (χ0n) is 19.4. The molecule has 4 rings (SSSR count). The van der Waals surface area contributed by atoms with Crippen LogP contribution >= 0.6 is 0 Å². The average molecular weight is 517 g/mol. The highest BCUT2D eigenvalue weighted by atomic mass is 19.4. The lowest BCUT2D eigenvalue weighted by Crippen LogP contribution is -2.52. The summed E-state index contributed by atoms with van der Waals surface area (Å²) in [6, 6.07) is 7.85. The number of methoxy groups -OCH3 is 1. The third-order valence-electron chi connectivity index (χ3n) is 6.29. The normalized spacial score (nSPS) is 17.2. The fourth-order valence-electron chi connectivity index (χ4n) is 4.52. The molecule has 0 saturated heterocycles. The van der Waals surface area contributed by atoms with Crippen molar-refractivity contribution < 1.29 is 47.9 Å². The predicted molar refractivity (Wildman–Crippen MR) is 123 cm³/mol. The van der Waals surface area contributed by atoms with Gasteiger partial charge in [0.1, 0.15) is 6.04 Å². The standard InChI is InChI=1S/C26H22F3NO7/c1-37-25(36)19-10-15-11-22(33)23(34)12-17(15)18(7-13-5-6-20(31)21(32)8-13)30(19)24(35)14-3-2-4-16(9-14)26(27,28)29/h2-6,8-9,11-12,18-19,31-34H,7,10H2,1H3/t18-,19-/m0/s1. The zero-order chi connectivity index (χ0) is 27.1. The maximum atomic E-state index is 13.7. The van der Waals surface area contributed by atoms with Crippen LogP contribution in [0.25, 0.3) is 0 Å². The van der Waals surface area contributed by atoms with Gasteiger partial charge in [-0.3, -0.25) is 4.79 Å². The molecule has 1 amide bonds. The third kappa shape index (κ3) is 4.97. The molecule has 37 heavy (non-hydrogen) atoms. The summed E-state index contributed by atoms with van der Waals surface area (Å²) < 4.78 is 44.9. The molecule has 0 aromatic heterocycles. The maximum absolute atomic E-state index is 13.7. The first-order valence-electron chi connectivity index (χ1n) is 11.0. The molecule has 1 aliphatic rings. The molecule has 2 atom stereocenters. The van der Waals surface area contributed by atoms with Crippen LogP contribution in [0.5, 0.6) is 23.0 Å². The quantitative estimate of drug-likeness (QED) is 0.304. The Kier molecular flexibility index (Phi) is 6.64. The van der Waals surface area contributed by atoms with Crippen LogP contribution in [0.15, 0.2) is 54.6 Å². The largest absolute Gasteiger partial charge is 0.504 e. The summed E-state index contributed by atoms with van der Waals surface area (Å²) >= 11 is 0. The first-order valence-corrected chi connectivity index (χ1v) is 11.0. The molecular formula is C26H22F3NO7. The molecule has 194 valence electrons. The van der Waals surface area contributed by atoms with E-state index in [1.165, 1.54) is 36.4 Å². The molecular weight excluding hydrogens is 495 g/mol. The van der Waals surface area contributed by atoms with Gasteiger partial charge >= 0.3 is 12.1 Å². The number of aromatic hydroxyl groups is 4. The number of ether oxygens (including phenoxy) is 1. The minimum atomic E-state index is -4.71. The Bertz CT molecular complexity index is 1370. The first kappa shape index (κ1) is 25.7. The van der Waals surface area contributed by atoms with E-state index in [4.69, 9.17) is 4.74 Å². The van der Waals surface area contributed by atoms with E-state index >= 15 is 0 Å². The van der Waals surface area contributed by atoms with Crippen LogP contribution in [0.3, 0.4) is 0 Å². The number of benzene rings is 3. The highest BCUT2D eigenvalue weighted by Gasteiger charge is 2.43.